The molecule has 0 unspecified atom stereocenters. The quantitative estimate of drug-likeness (QED) is 0.337. The second kappa shape index (κ2) is 10.1. The van der Waals surface area contributed by atoms with E-state index in [-0.39, 0.29) is 24.0 Å². The van der Waals surface area contributed by atoms with Gasteiger partial charge in [-0.25, -0.2) is 13.9 Å². The predicted molar refractivity (Wildman–Crippen MR) is 119 cm³/mol. The summed E-state index contributed by atoms with van der Waals surface area (Å²) < 4.78 is 69.5. The minimum absolute atomic E-state index is 0.00599. The van der Waals surface area contributed by atoms with E-state index in [9.17, 15) is 22.4 Å². The number of nitrogens with zero attached hydrogens (tertiary/aromatic N) is 5. The van der Waals surface area contributed by atoms with Crippen LogP contribution in [0.5, 0.6) is 17.6 Å². The average Bonchev–Trinajstić information content (AvgIpc) is 3.27. The zero-order chi connectivity index (χ0) is 25.9. The van der Waals surface area contributed by atoms with Crippen LogP contribution in [0.25, 0.3) is 17.1 Å². The molecule has 0 saturated heterocycles. The van der Waals surface area contributed by atoms with Gasteiger partial charge in [-0.1, -0.05) is 12.1 Å². The van der Waals surface area contributed by atoms with Gasteiger partial charge >= 0.3 is 12.2 Å². The molecule has 0 aliphatic heterocycles. The molecule has 0 fully saturated rings. The molecule has 3 heterocycles. The lowest BCUT2D eigenvalue weighted by atomic mass is 10.2. The Bertz CT molecular complexity index is 1420. The molecule has 0 amide bonds. The van der Waals surface area contributed by atoms with Gasteiger partial charge in [0.1, 0.15) is 12.4 Å². The van der Waals surface area contributed by atoms with Crippen molar-refractivity contribution < 1.29 is 31.8 Å². The Kier molecular flexibility index (Phi) is 6.90. The summed E-state index contributed by atoms with van der Waals surface area (Å²) in [7, 11) is 3.20. The molecule has 0 N–H and O–H groups in total. The van der Waals surface area contributed by atoms with Crippen molar-refractivity contribution in [1.82, 2.24) is 24.3 Å². The zero-order valence-corrected chi connectivity index (χ0v) is 19.0. The topological polar surface area (TPSA) is 93.3 Å². The van der Waals surface area contributed by atoms with Gasteiger partial charge in [0.2, 0.25) is 0 Å². The van der Waals surface area contributed by atoms with Crippen LogP contribution in [0.2, 0.25) is 0 Å². The van der Waals surface area contributed by atoms with Crippen molar-refractivity contribution in [1.29, 1.82) is 0 Å². The molecular weight excluding hydrogens is 486 g/mol. The van der Waals surface area contributed by atoms with Gasteiger partial charge in [-0.05, 0) is 23.8 Å². The highest BCUT2D eigenvalue weighted by Gasteiger charge is 2.29. The molecular formula is C23H19F4N5O4. The Morgan fingerprint density at radius 3 is 2.42 bits per heavy atom. The maximum Gasteiger partial charge on any atom is 0.422 e. The maximum atomic E-state index is 14.5. The predicted octanol–water partition coefficient (Wildman–Crippen LogP) is 3.70. The van der Waals surface area contributed by atoms with Crippen molar-refractivity contribution in [3.63, 3.8) is 0 Å². The van der Waals surface area contributed by atoms with E-state index in [1.54, 1.807) is 37.4 Å². The molecule has 188 valence electrons. The van der Waals surface area contributed by atoms with Gasteiger partial charge < -0.3 is 14.2 Å². The van der Waals surface area contributed by atoms with Gasteiger partial charge in [0.25, 0.3) is 11.4 Å². The van der Waals surface area contributed by atoms with Crippen molar-refractivity contribution in [2.45, 2.75) is 12.8 Å². The molecule has 0 aliphatic carbocycles. The summed E-state index contributed by atoms with van der Waals surface area (Å²) in [6.07, 6.45) is -2.15. The lowest BCUT2D eigenvalue weighted by Crippen LogP contribution is -2.23. The third kappa shape index (κ3) is 5.62. The summed E-state index contributed by atoms with van der Waals surface area (Å²) >= 11 is 0. The molecule has 3 aromatic heterocycles. The van der Waals surface area contributed by atoms with Crippen molar-refractivity contribution in [3.05, 3.63) is 76.6 Å². The van der Waals surface area contributed by atoms with Crippen molar-refractivity contribution in [2.75, 3.05) is 13.7 Å². The van der Waals surface area contributed by atoms with Gasteiger partial charge in [0.15, 0.2) is 12.4 Å². The zero-order valence-electron chi connectivity index (χ0n) is 19.0. The molecule has 4 rings (SSSR count). The monoisotopic (exact) mass is 505 g/mol. The molecule has 0 radical (unpaired) electrons. The van der Waals surface area contributed by atoms with Gasteiger partial charge in [0.05, 0.1) is 30.4 Å². The summed E-state index contributed by atoms with van der Waals surface area (Å²) in [6.45, 7) is -1.72. The molecule has 0 saturated carbocycles. The van der Waals surface area contributed by atoms with Gasteiger partial charge in [-0.15, -0.1) is 0 Å². The first-order valence-corrected chi connectivity index (χ1v) is 10.4. The fourth-order valence-corrected chi connectivity index (χ4v) is 3.22. The lowest BCUT2D eigenvalue weighted by molar-refractivity contribution is -0.154. The Labute approximate surface area is 201 Å². The second-order valence-corrected chi connectivity index (χ2v) is 7.46. The number of benzene rings is 1. The van der Waals surface area contributed by atoms with Crippen LogP contribution in [-0.2, 0) is 13.7 Å². The minimum atomic E-state index is -4.67. The van der Waals surface area contributed by atoms with E-state index >= 15 is 0 Å². The van der Waals surface area contributed by atoms with Crippen LogP contribution in [0.4, 0.5) is 17.6 Å². The lowest BCUT2D eigenvalue weighted by Gasteiger charge is -2.15. The fraction of sp³-hybridized carbons (Fsp3) is 0.217. The van der Waals surface area contributed by atoms with Crippen LogP contribution in [0, 0.1) is 5.82 Å². The highest BCUT2D eigenvalue weighted by Crippen LogP contribution is 2.24. The molecule has 0 atom stereocenters. The number of alkyl halides is 3. The number of halogens is 4. The molecule has 0 spiro atoms. The van der Waals surface area contributed by atoms with Crippen LogP contribution in [0.3, 0.4) is 0 Å². The number of methoxy groups -OCH3 is 1. The maximum absolute atomic E-state index is 14.5. The Hall–Kier alpha value is -4.42. The van der Waals surface area contributed by atoms with Gasteiger partial charge in [-0.2, -0.15) is 23.3 Å². The smallest absolute Gasteiger partial charge is 0.422 e. The highest BCUT2D eigenvalue weighted by molar-refractivity contribution is 5.54. The molecule has 0 bridgehead atoms. The number of pyridine rings is 1. The Morgan fingerprint density at radius 1 is 1.06 bits per heavy atom. The third-order valence-electron chi connectivity index (χ3n) is 4.92. The normalized spacial score (nSPS) is 11.4. The second-order valence-electron chi connectivity index (χ2n) is 7.46. The summed E-state index contributed by atoms with van der Waals surface area (Å²) in [5, 5.41) is 4.06. The van der Waals surface area contributed by atoms with Gasteiger partial charge in [-0.3, -0.25) is 9.48 Å². The Balaban J connectivity index is 1.72. The summed E-state index contributed by atoms with van der Waals surface area (Å²) in [4.78, 5) is 21.1. The third-order valence-corrected chi connectivity index (χ3v) is 4.92. The first-order chi connectivity index (χ1) is 17.1. The van der Waals surface area contributed by atoms with E-state index in [1.165, 1.54) is 24.1 Å². The highest BCUT2D eigenvalue weighted by atomic mass is 19.4. The SMILES string of the molecule is COc1ccc(COc2nc(-c3ccnn3C)cc(=O)n2-c2cnc(OCC(F)(F)F)c(F)c2)cc1. The van der Waals surface area contributed by atoms with E-state index in [4.69, 9.17) is 9.47 Å². The van der Waals surface area contributed by atoms with E-state index < -0.39 is 30.0 Å². The summed E-state index contributed by atoms with van der Waals surface area (Å²) in [5.41, 5.74) is 0.734. The van der Waals surface area contributed by atoms with E-state index in [0.717, 1.165) is 22.4 Å². The van der Waals surface area contributed by atoms with E-state index in [1.807, 2.05) is 0 Å². The van der Waals surface area contributed by atoms with Gasteiger partial charge in [0, 0.05) is 25.4 Å². The molecule has 4 aromatic rings. The van der Waals surface area contributed by atoms with Crippen LogP contribution in [-0.4, -0.2) is 44.2 Å². The number of ether oxygens (including phenoxy) is 3. The fourth-order valence-electron chi connectivity index (χ4n) is 3.22. The van der Waals surface area contributed by atoms with Crippen LogP contribution in [0.1, 0.15) is 5.56 Å². The van der Waals surface area contributed by atoms with Crippen LogP contribution in [0.15, 0.2) is 59.7 Å². The molecule has 36 heavy (non-hydrogen) atoms. The molecule has 1 aromatic carbocycles. The van der Waals surface area contributed by atoms with E-state index in [0.29, 0.717) is 11.4 Å². The Morgan fingerprint density at radius 2 is 1.81 bits per heavy atom. The molecule has 13 heteroatoms. The van der Waals surface area contributed by atoms with Crippen molar-refractivity contribution in [2.24, 2.45) is 7.05 Å². The number of hydrogen-bond donors (Lipinski definition) is 0. The molecule has 9 nitrogen and oxygen atoms in total. The number of aryl methyl sites for hydroxylation is 1. The van der Waals surface area contributed by atoms with Crippen LogP contribution < -0.4 is 19.8 Å². The number of aromatic nitrogens is 5. The summed E-state index contributed by atoms with van der Waals surface area (Å²) in [5.74, 6) is -1.41. The molecule has 0 aliphatic rings. The summed E-state index contributed by atoms with van der Waals surface area (Å²) in [6, 6.07) is 10.4. The average molecular weight is 505 g/mol. The van der Waals surface area contributed by atoms with Crippen LogP contribution >= 0.6 is 0 Å². The van der Waals surface area contributed by atoms with Crippen molar-refractivity contribution in [3.8, 4) is 34.7 Å². The standard InChI is InChI=1S/C23H19F4N5O4/c1-31-19(7-8-29-31)18-10-20(33)32(15-9-17(24)21(28-11-15)36-13-23(25,26)27)22(30-18)35-12-14-3-5-16(34-2)6-4-14/h3-11H,12-13H2,1-2H3. The largest absolute Gasteiger partial charge is 0.497 e. The van der Waals surface area contributed by atoms with E-state index in [2.05, 4.69) is 19.8 Å². The first kappa shape index (κ1) is 24.7. The number of hydrogen-bond acceptors (Lipinski definition) is 7. The number of rotatable bonds is 8. The first-order valence-electron chi connectivity index (χ1n) is 10.4. The van der Waals surface area contributed by atoms with Crippen molar-refractivity contribution >= 4 is 0 Å². The minimum Gasteiger partial charge on any atom is -0.497 e.